The van der Waals surface area contributed by atoms with Gasteiger partial charge in [-0.25, -0.2) is 4.39 Å². The summed E-state index contributed by atoms with van der Waals surface area (Å²) in [6.45, 7) is 0. The lowest BCUT2D eigenvalue weighted by Gasteiger charge is -2.27. The van der Waals surface area contributed by atoms with E-state index in [1.807, 2.05) is 0 Å². The van der Waals surface area contributed by atoms with Gasteiger partial charge in [0.25, 0.3) is 0 Å². The quantitative estimate of drug-likeness (QED) is 0.590. The van der Waals surface area contributed by atoms with Gasteiger partial charge in [0.2, 0.25) is 5.78 Å². The number of carbonyl (C=O) groups excluding carboxylic acids is 1. The van der Waals surface area contributed by atoms with Gasteiger partial charge in [0.05, 0.1) is 5.02 Å². The summed E-state index contributed by atoms with van der Waals surface area (Å²) in [7, 11) is 0. The van der Waals surface area contributed by atoms with Gasteiger partial charge in [0.1, 0.15) is 5.82 Å². The standard InChI is InChI=1S/C10H3ClF8O/c11-5-3-4(1-2-6(5)12)7(20)8(13,14)9(15,16)10(17,18)19/h1-3H. The third kappa shape index (κ3) is 2.58. The van der Waals surface area contributed by atoms with Crippen molar-refractivity contribution >= 4 is 17.4 Å². The highest BCUT2D eigenvalue weighted by Crippen LogP contribution is 2.47. The van der Waals surface area contributed by atoms with Gasteiger partial charge in [0, 0.05) is 5.56 Å². The molecule has 0 unspecified atom stereocenters. The molecule has 0 aromatic heterocycles. The van der Waals surface area contributed by atoms with Crippen LogP contribution in [0.15, 0.2) is 18.2 Å². The van der Waals surface area contributed by atoms with Crippen LogP contribution in [-0.4, -0.2) is 23.8 Å². The molecule has 0 saturated heterocycles. The van der Waals surface area contributed by atoms with Crippen molar-refractivity contribution < 1.29 is 39.9 Å². The molecule has 0 bridgehead atoms. The van der Waals surface area contributed by atoms with E-state index in [2.05, 4.69) is 0 Å². The number of halogens is 9. The molecule has 1 rings (SSSR count). The minimum Gasteiger partial charge on any atom is -0.287 e. The molecule has 1 aromatic carbocycles. The molecular formula is C10H3ClF8O. The highest BCUT2D eigenvalue weighted by atomic mass is 35.5. The Morgan fingerprint density at radius 2 is 1.50 bits per heavy atom. The molecule has 0 spiro atoms. The summed E-state index contributed by atoms with van der Waals surface area (Å²) in [5.74, 6) is -16.6. The number of alkyl halides is 7. The lowest BCUT2D eigenvalue weighted by Crippen LogP contribution is -2.56. The van der Waals surface area contributed by atoms with Crippen LogP contribution in [0.4, 0.5) is 35.1 Å². The van der Waals surface area contributed by atoms with Crippen LogP contribution in [0.5, 0.6) is 0 Å². The molecule has 20 heavy (non-hydrogen) atoms. The zero-order valence-electron chi connectivity index (χ0n) is 9.04. The summed E-state index contributed by atoms with van der Waals surface area (Å²) in [4.78, 5) is 11.1. The fourth-order valence-electron chi connectivity index (χ4n) is 1.14. The monoisotopic (exact) mass is 326 g/mol. The van der Waals surface area contributed by atoms with Gasteiger partial charge in [-0.3, -0.25) is 4.79 Å². The lowest BCUT2D eigenvalue weighted by atomic mass is 10.00. The van der Waals surface area contributed by atoms with E-state index in [1.165, 1.54) is 0 Å². The first-order valence-corrected chi connectivity index (χ1v) is 5.02. The minimum atomic E-state index is -6.63. The Balaban J connectivity index is 3.28. The van der Waals surface area contributed by atoms with Crippen molar-refractivity contribution in [1.29, 1.82) is 0 Å². The van der Waals surface area contributed by atoms with Crippen LogP contribution < -0.4 is 0 Å². The molecule has 0 atom stereocenters. The number of carbonyl (C=O) groups is 1. The zero-order valence-corrected chi connectivity index (χ0v) is 9.80. The molecule has 0 radical (unpaired) electrons. The van der Waals surface area contributed by atoms with Gasteiger partial charge in [-0.05, 0) is 18.2 Å². The molecule has 0 amide bonds. The van der Waals surface area contributed by atoms with E-state index in [1.54, 1.807) is 0 Å². The number of rotatable bonds is 3. The van der Waals surface area contributed by atoms with E-state index < -0.39 is 40.2 Å². The second kappa shape index (κ2) is 4.87. The molecule has 0 fully saturated rings. The summed E-state index contributed by atoms with van der Waals surface area (Å²) >= 11 is 5.13. The summed E-state index contributed by atoms with van der Waals surface area (Å²) in [5.41, 5.74) is -1.27. The molecule has 0 heterocycles. The Labute approximate surface area is 111 Å². The van der Waals surface area contributed by atoms with E-state index >= 15 is 0 Å². The van der Waals surface area contributed by atoms with Crippen LogP contribution in [0.1, 0.15) is 10.4 Å². The van der Waals surface area contributed by atoms with Crippen molar-refractivity contribution in [3.05, 3.63) is 34.6 Å². The maximum Gasteiger partial charge on any atom is 0.460 e. The van der Waals surface area contributed by atoms with E-state index in [0.29, 0.717) is 12.1 Å². The molecule has 10 heteroatoms. The van der Waals surface area contributed by atoms with E-state index in [0.717, 1.165) is 0 Å². The van der Waals surface area contributed by atoms with Gasteiger partial charge >= 0.3 is 18.0 Å². The van der Waals surface area contributed by atoms with E-state index in [9.17, 15) is 39.9 Å². The SMILES string of the molecule is O=C(c1ccc(F)c(Cl)c1)C(F)(F)C(F)(F)C(F)(F)F. The lowest BCUT2D eigenvalue weighted by molar-refractivity contribution is -0.339. The maximum absolute atomic E-state index is 13.1. The van der Waals surface area contributed by atoms with Gasteiger partial charge < -0.3 is 0 Å². The Kier molecular flexibility index (Phi) is 4.06. The van der Waals surface area contributed by atoms with Gasteiger partial charge in [0.15, 0.2) is 0 Å². The van der Waals surface area contributed by atoms with Crippen LogP contribution in [0, 0.1) is 5.82 Å². The molecule has 1 nitrogen and oxygen atoms in total. The number of hydrogen-bond donors (Lipinski definition) is 0. The van der Waals surface area contributed by atoms with Gasteiger partial charge in [-0.15, -0.1) is 0 Å². The normalized spacial score (nSPS) is 13.4. The zero-order chi connectivity index (χ0) is 15.9. The molecule has 0 saturated carbocycles. The smallest absolute Gasteiger partial charge is 0.287 e. The summed E-state index contributed by atoms with van der Waals surface area (Å²) in [6.07, 6.45) is -6.63. The Morgan fingerprint density at radius 1 is 1.00 bits per heavy atom. The maximum atomic E-state index is 13.1. The second-order valence-corrected chi connectivity index (χ2v) is 4.01. The second-order valence-electron chi connectivity index (χ2n) is 3.60. The van der Waals surface area contributed by atoms with Crippen molar-refractivity contribution in [3.8, 4) is 0 Å². The molecule has 112 valence electrons. The summed E-state index contributed by atoms with van der Waals surface area (Å²) in [5, 5.41) is -0.873. The molecule has 0 N–H and O–H groups in total. The predicted molar refractivity (Wildman–Crippen MR) is 51.7 cm³/mol. The number of benzene rings is 1. The average molecular weight is 327 g/mol. The average Bonchev–Trinajstić information content (AvgIpc) is 2.30. The van der Waals surface area contributed by atoms with Crippen molar-refractivity contribution in [2.24, 2.45) is 0 Å². The first-order valence-electron chi connectivity index (χ1n) is 4.64. The van der Waals surface area contributed by atoms with Crippen molar-refractivity contribution in [2.45, 2.75) is 18.0 Å². The van der Waals surface area contributed by atoms with Crippen molar-refractivity contribution in [1.82, 2.24) is 0 Å². The van der Waals surface area contributed by atoms with Crippen LogP contribution >= 0.6 is 11.6 Å². The Hall–Kier alpha value is -1.38. The predicted octanol–water partition coefficient (Wildman–Crippen LogP) is 4.49. The van der Waals surface area contributed by atoms with Crippen molar-refractivity contribution in [3.63, 3.8) is 0 Å². The highest BCUT2D eigenvalue weighted by Gasteiger charge is 2.76. The molecular weight excluding hydrogens is 324 g/mol. The van der Waals surface area contributed by atoms with E-state index in [4.69, 9.17) is 11.6 Å². The van der Waals surface area contributed by atoms with Crippen LogP contribution in [0.2, 0.25) is 5.02 Å². The fraction of sp³-hybridized carbons (Fsp3) is 0.300. The van der Waals surface area contributed by atoms with Gasteiger partial charge in [-0.2, -0.15) is 30.7 Å². The number of hydrogen-bond acceptors (Lipinski definition) is 1. The third-order valence-electron chi connectivity index (χ3n) is 2.22. The van der Waals surface area contributed by atoms with E-state index in [-0.39, 0.29) is 6.07 Å². The molecule has 0 aliphatic heterocycles. The first kappa shape index (κ1) is 16.7. The fourth-order valence-corrected chi connectivity index (χ4v) is 1.32. The number of ketones is 1. The molecule has 0 aliphatic rings. The Morgan fingerprint density at radius 3 is 1.90 bits per heavy atom. The van der Waals surface area contributed by atoms with Crippen LogP contribution in [0.3, 0.4) is 0 Å². The van der Waals surface area contributed by atoms with Crippen molar-refractivity contribution in [2.75, 3.05) is 0 Å². The van der Waals surface area contributed by atoms with Crippen LogP contribution in [0.25, 0.3) is 0 Å². The van der Waals surface area contributed by atoms with Gasteiger partial charge in [-0.1, -0.05) is 11.6 Å². The number of Topliss-reactive ketones (excluding diaryl/α,β-unsaturated/α-hetero) is 1. The first-order chi connectivity index (χ1) is 8.82. The highest BCUT2D eigenvalue weighted by molar-refractivity contribution is 6.31. The topological polar surface area (TPSA) is 17.1 Å². The summed E-state index contributed by atoms with van der Waals surface area (Å²) in [6, 6.07) is 0.945. The molecule has 0 aliphatic carbocycles. The summed E-state index contributed by atoms with van der Waals surface area (Å²) < 4.78 is 99.7. The Bertz CT molecular complexity index is 537. The molecule has 1 aromatic rings. The minimum absolute atomic E-state index is 0.236. The largest absolute Gasteiger partial charge is 0.460 e. The third-order valence-corrected chi connectivity index (χ3v) is 2.51. The van der Waals surface area contributed by atoms with Crippen LogP contribution in [-0.2, 0) is 0 Å².